The van der Waals surface area contributed by atoms with Crippen LogP contribution in [0, 0.1) is 0 Å². The van der Waals surface area contributed by atoms with E-state index in [0.29, 0.717) is 37.9 Å². The van der Waals surface area contributed by atoms with Gasteiger partial charge in [0.15, 0.2) is 11.5 Å². The van der Waals surface area contributed by atoms with Crippen molar-refractivity contribution < 1.29 is 28.9 Å². The molecular weight excluding hydrogens is 570 g/mol. The molecule has 1 aliphatic rings. The lowest BCUT2D eigenvalue weighted by molar-refractivity contribution is -0.138. The maximum atomic E-state index is 12.5. The van der Waals surface area contributed by atoms with Gasteiger partial charge in [0.05, 0.1) is 23.1 Å². The summed E-state index contributed by atoms with van der Waals surface area (Å²) >= 11 is 10.6. The van der Waals surface area contributed by atoms with Crippen molar-refractivity contribution in [3.05, 3.63) is 73.3 Å². The highest BCUT2D eigenvalue weighted by molar-refractivity contribution is 9.10. The highest BCUT2D eigenvalue weighted by Crippen LogP contribution is 2.42. The highest BCUT2D eigenvalue weighted by Gasteiger charge is 2.33. The zero-order valence-corrected chi connectivity index (χ0v) is 23.1. The van der Waals surface area contributed by atoms with E-state index >= 15 is 0 Å². The van der Waals surface area contributed by atoms with Gasteiger partial charge in [-0.05, 0) is 70.7 Å². The van der Waals surface area contributed by atoms with E-state index < -0.39 is 5.97 Å². The molecule has 3 rings (SSSR count). The molecule has 0 spiro atoms. The molecule has 1 amide bonds. The summed E-state index contributed by atoms with van der Waals surface area (Å²) in [7, 11) is 1.52. The van der Waals surface area contributed by atoms with Crippen molar-refractivity contribution in [3.8, 4) is 11.5 Å². The van der Waals surface area contributed by atoms with E-state index in [1.807, 2.05) is 25.1 Å². The third kappa shape index (κ3) is 6.93. The van der Waals surface area contributed by atoms with E-state index in [4.69, 9.17) is 25.8 Å². The minimum Gasteiger partial charge on any atom is -0.506 e. The molecule has 0 saturated carbocycles. The molecule has 0 bridgehead atoms. The number of methoxy groups -OCH3 is 1. The number of carbonyl (C=O) groups is 2. The lowest BCUT2D eigenvalue weighted by Gasteiger charge is -2.14. The van der Waals surface area contributed by atoms with Gasteiger partial charge in [-0.15, -0.1) is 0 Å². The van der Waals surface area contributed by atoms with Gasteiger partial charge in [-0.25, -0.2) is 9.79 Å². The molecule has 1 heterocycles. The molecule has 0 unspecified atom stereocenters. The molecule has 0 atom stereocenters. The van der Waals surface area contributed by atoms with E-state index in [0.717, 1.165) is 17.3 Å². The fourth-order valence-corrected chi connectivity index (χ4v) is 5.09. The van der Waals surface area contributed by atoms with Crippen LogP contribution in [0.1, 0.15) is 37.8 Å². The number of hydrogen-bond acceptors (Lipinski definition) is 7. The summed E-state index contributed by atoms with van der Waals surface area (Å²) < 4.78 is 17.2. The van der Waals surface area contributed by atoms with Gasteiger partial charge in [0.1, 0.15) is 23.0 Å². The Morgan fingerprint density at radius 3 is 2.67 bits per heavy atom. The summed E-state index contributed by atoms with van der Waals surface area (Å²) in [5, 5.41) is 11.6. The second-order valence-corrected chi connectivity index (χ2v) is 9.89. The average Bonchev–Trinajstić information content (AvgIpc) is 3.12. The van der Waals surface area contributed by atoms with Gasteiger partial charge in [-0.3, -0.25) is 4.79 Å². The first-order valence-electron chi connectivity index (χ1n) is 11.1. The van der Waals surface area contributed by atoms with Gasteiger partial charge in [0.2, 0.25) is 5.91 Å². The molecule has 1 aliphatic heterocycles. The Morgan fingerprint density at radius 2 is 2.00 bits per heavy atom. The van der Waals surface area contributed by atoms with Crippen molar-refractivity contribution in [2.75, 3.05) is 13.7 Å². The Bertz CT molecular complexity index is 1260. The Morgan fingerprint density at radius 1 is 1.22 bits per heavy atom. The Hall–Kier alpha value is -2.75. The molecule has 0 fully saturated rings. The normalized spacial score (nSPS) is 15.5. The maximum absolute atomic E-state index is 12.5. The molecule has 2 aromatic rings. The van der Waals surface area contributed by atoms with Crippen molar-refractivity contribution in [3.63, 3.8) is 0 Å². The zero-order chi connectivity index (χ0) is 26.2. The predicted molar refractivity (Wildman–Crippen MR) is 146 cm³/mol. The third-order valence-electron chi connectivity index (χ3n) is 4.88. The van der Waals surface area contributed by atoms with Crippen LogP contribution in [-0.2, 0) is 20.9 Å². The van der Waals surface area contributed by atoms with E-state index in [2.05, 4.69) is 20.9 Å². The smallest absolute Gasteiger partial charge is 0.344 e. The van der Waals surface area contributed by atoms with Crippen LogP contribution in [0.25, 0.3) is 6.08 Å². The summed E-state index contributed by atoms with van der Waals surface area (Å²) in [6.07, 6.45) is 2.52. The molecule has 0 aliphatic carbocycles. The number of aliphatic imine (C=N–C) groups is 1. The topological polar surface area (TPSA) is 94.4 Å². The number of halogens is 2. The van der Waals surface area contributed by atoms with E-state index in [1.54, 1.807) is 31.2 Å². The number of ether oxygens (including phenoxy) is 3. The molecule has 1 N–H and O–H groups in total. The van der Waals surface area contributed by atoms with Crippen LogP contribution in [-0.4, -0.2) is 35.7 Å². The monoisotopic (exact) mass is 593 g/mol. The summed E-state index contributed by atoms with van der Waals surface area (Å²) in [4.78, 5) is 29.0. The quantitative estimate of drug-likeness (QED) is 0.316. The zero-order valence-electron chi connectivity index (χ0n) is 20.0. The molecule has 0 radical (unpaired) electrons. The van der Waals surface area contributed by atoms with Crippen LogP contribution in [0.15, 0.2) is 62.1 Å². The molecule has 0 saturated heterocycles. The van der Waals surface area contributed by atoms with Gasteiger partial charge >= 0.3 is 5.97 Å². The number of amides is 1. The summed E-state index contributed by atoms with van der Waals surface area (Å²) in [6.45, 7) is 3.92. The van der Waals surface area contributed by atoms with Gasteiger partial charge in [0.25, 0.3) is 0 Å². The first-order valence-corrected chi connectivity index (χ1v) is 13.1. The summed E-state index contributed by atoms with van der Waals surface area (Å²) in [5.41, 5.74) is 1.44. The van der Waals surface area contributed by atoms with Crippen LogP contribution in [0.4, 0.5) is 0 Å². The largest absolute Gasteiger partial charge is 0.506 e. The molecular formula is C26H25BrClNO6S. The number of thioether (sulfide) groups is 1. The molecule has 36 heavy (non-hydrogen) atoms. The van der Waals surface area contributed by atoms with Gasteiger partial charge < -0.3 is 19.3 Å². The molecule has 190 valence electrons. The Kier molecular flexibility index (Phi) is 10.0. The van der Waals surface area contributed by atoms with Gasteiger partial charge in [-0.2, -0.15) is 0 Å². The molecule has 2 aromatic carbocycles. The second-order valence-electron chi connectivity index (χ2n) is 7.57. The predicted octanol–water partition coefficient (Wildman–Crippen LogP) is 6.88. The number of esters is 1. The number of rotatable bonds is 9. The van der Waals surface area contributed by atoms with Crippen LogP contribution in [0.2, 0.25) is 5.02 Å². The van der Waals surface area contributed by atoms with Gasteiger partial charge in [-0.1, -0.05) is 42.4 Å². The third-order valence-corrected chi connectivity index (χ3v) is 6.73. The molecule has 10 heteroatoms. The lowest BCUT2D eigenvalue weighted by Crippen LogP contribution is -2.14. The molecule has 7 nitrogen and oxygen atoms in total. The van der Waals surface area contributed by atoms with Crippen molar-refractivity contribution in [2.45, 2.75) is 33.3 Å². The maximum Gasteiger partial charge on any atom is 0.344 e. The van der Waals surface area contributed by atoms with Crippen LogP contribution < -0.4 is 9.47 Å². The minimum absolute atomic E-state index is 0.114. The van der Waals surface area contributed by atoms with Crippen molar-refractivity contribution >= 4 is 62.3 Å². The van der Waals surface area contributed by atoms with Crippen molar-refractivity contribution in [2.24, 2.45) is 4.99 Å². The highest BCUT2D eigenvalue weighted by atomic mass is 79.9. The second kappa shape index (κ2) is 13.0. The first-order chi connectivity index (χ1) is 17.3. The first kappa shape index (κ1) is 27.8. The minimum atomic E-state index is -0.738. The number of carbonyl (C=O) groups excluding carboxylic acids is 2. The van der Waals surface area contributed by atoms with Crippen molar-refractivity contribution in [1.29, 1.82) is 0 Å². The van der Waals surface area contributed by atoms with Gasteiger partial charge in [0, 0.05) is 11.4 Å². The SMILES string of the molecule is CCCC(=O)N=C1S/C(=C\c2cc(Br)c(OCc3cccc(Cl)c3)c(OC)c2)C(O)=C1C(=O)OCC. The lowest BCUT2D eigenvalue weighted by atomic mass is 10.1. The van der Waals surface area contributed by atoms with E-state index in [9.17, 15) is 14.7 Å². The fourth-order valence-electron chi connectivity index (χ4n) is 3.27. The van der Waals surface area contributed by atoms with Crippen LogP contribution in [0.3, 0.4) is 0 Å². The fraction of sp³-hybridized carbons (Fsp3) is 0.269. The number of benzene rings is 2. The van der Waals surface area contributed by atoms with Crippen LogP contribution in [0.5, 0.6) is 11.5 Å². The number of hydrogen-bond donors (Lipinski definition) is 1. The number of nitrogens with zero attached hydrogens (tertiary/aromatic N) is 1. The van der Waals surface area contributed by atoms with Crippen LogP contribution >= 0.6 is 39.3 Å². The number of aliphatic hydroxyl groups is 1. The Balaban J connectivity index is 1.93. The average molecular weight is 595 g/mol. The Labute approximate surface area is 227 Å². The number of aliphatic hydroxyl groups excluding tert-OH is 1. The standard InChI is InChI=1S/C26H25BrClNO6S/c1-4-7-21(30)29-25-22(26(32)34-5-2)23(31)20(36-25)13-16-11-18(27)24(19(12-16)33-3)35-14-15-8-6-9-17(28)10-15/h6,8-13,31H,4-5,7,14H2,1-3H3/b20-13-,29-25?. The summed E-state index contributed by atoms with van der Waals surface area (Å²) in [5.74, 6) is -0.447. The molecule has 0 aromatic heterocycles. The van der Waals surface area contributed by atoms with Crippen molar-refractivity contribution in [1.82, 2.24) is 0 Å². The van der Waals surface area contributed by atoms with E-state index in [1.165, 1.54) is 7.11 Å². The summed E-state index contributed by atoms with van der Waals surface area (Å²) in [6, 6.07) is 10.9. The van der Waals surface area contributed by atoms with E-state index in [-0.39, 0.29) is 41.9 Å².